The lowest BCUT2D eigenvalue weighted by Gasteiger charge is -2.05. The number of aromatic nitrogens is 4. The van der Waals surface area contributed by atoms with E-state index in [1.807, 2.05) is 0 Å². The van der Waals surface area contributed by atoms with E-state index in [0.717, 1.165) is 0 Å². The molecule has 0 saturated heterocycles. The molecule has 2 N–H and O–H groups in total. The molecule has 2 heterocycles. The first kappa shape index (κ1) is 13.7. The predicted molar refractivity (Wildman–Crippen MR) is 67.1 cm³/mol. The molecule has 9 heteroatoms. The lowest BCUT2D eigenvalue weighted by molar-refractivity contribution is 0.0513. The number of anilines is 1. The number of nitrogen functional groups attached to an aromatic ring is 1. The lowest BCUT2D eigenvalue weighted by Crippen LogP contribution is -2.15. The van der Waals surface area contributed by atoms with Crippen LogP contribution >= 0.6 is 0 Å². The van der Waals surface area contributed by atoms with Crippen LogP contribution in [0.1, 0.15) is 34.8 Å². The van der Waals surface area contributed by atoms with Gasteiger partial charge in [-0.15, -0.1) is 10.2 Å². The topological polar surface area (TPSA) is 122 Å². The van der Waals surface area contributed by atoms with Crippen molar-refractivity contribution in [3.8, 4) is 0 Å². The molecule has 0 aliphatic carbocycles. The monoisotopic (exact) mass is 279 g/mol. The van der Waals surface area contributed by atoms with Gasteiger partial charge in [-0.25, -0.2) is 14.6 Å². The number of carbonyl (C=O) groups is 2. The van der Waals surface area contributed by atoms with Gasteiger partial charge in [-0.2, -0.15) is 0 Å². The van der Waals surface area contributed by atoms with E-state index in [2.05, 4.69) is 15.2 Å². The van der Waals surface area contributed by atoms with Crippen LogP contribution < -0.4 is 5.73 Å². The van der Waals surface area contributed by atoms with Crippen molar-refractivity contribution in [1.29, 1.82) is 0 Å². The highest BCUT2D eigenvalue weighted by molar-refractivity contribution is 5.96. The van der Waals surface area contributed by atoms with Gasteiger partial charge in [0.2, 0.25) is 5.69 Å². The summed E-state index contributed by atoms with van der Waals surface area (Å²) in [5.74, 6) is -1.32. The van der Waals surface area contributed by atoms with Crippen molar-refractivity contribution < 1.29 is 19.1 Å². The number of nitrogens with two attached hydrogens (primary N) is 1. The third-order valence-electron chi connectivity index (χ3n) is 2.43. The van der Waals surface area contributed by atoms with Crippen LogP contribution in [0.3, 0.4) is 0 Å². The van der Waals surface area contributed by atoms with Crippen molar-refractivity contribution >= 4 is 23.4 Å². The number of nitrogens with zero attached hydrogens (tertiary/aromatic N) is 4. The summed E-state index contributed by atoms with van der Waals surface area (Å²) in [6, 6.07) is 0. The van der Waals surface area contributed by atoms with E-state index in [4.69, 9.17) is 15.2 Å². The Morgan fingerprint density at radius 3 is 2.35 bits per heavy atom. The van der Waals surface area contributed by atoms with Crippen molar-refractivity contribution in [3.63, 3.8) is 0 Å². The lowest BCUT2D eigenvalue weighted by atomic mass is 10.4. The van der Waals surface area contributed by atoms with Crippen LogP contribution in [0.4, 0.5) is 5.82 Å². The second kappa shape index (κ2) is 5.51. The van der Waals surface area contributed by atoms with Crippen molar-refractivity contribution in [3.05, 3.63) is 17.7 Å². The molecule has 9 nitrogen and oxygen atoms in total. The number of hydrogen-bond donors (Lipinski definition) is 1. The number of ether oxygens (including phenoxy) is 2. The molecule has 20 heavy (non-hydrogen) atoms. The van der Waals surface area contributed by atoms with Crippen LogP contribution in [-0.2, 0) is 9.47 Å². The van der Waals surface area contributed by atoms with Crippen molar-refractivity contribution in [1.82, 2.24) is 19.6 Å². The van der Waals surface area contributed by atoms with Gasteiger partial charge in [0.05, 0.1) is 13.2 Å². The molecule has 2 aromatic heterocycles. The maximum Gasteiger partial charge on any atom is 0.362 e. The molecule has 0 saturated carbocycles. The van der Waals surface area contributed by atoms with Gasteiger partial charge in [0, 0.05) is 0 Å². The van der Waals surface area contributed by atoms with E-state index in [-0.39, 0.29) is 36.1 Å². The first-order chi connectivity index (χ1) is 9.60. The second-order valence-corrected chi connectivity index (χ2v) is 3.66. The minimum absolute atomic E-state index is 0.00324. The SMILES string of the molecule is CCOC(=O)c1nnc2c(C(=O)OCC)ncn2c1N. The van der Waals surface area contributed by atoms with Crippen molar-refractivity contribution in [2.24, 2.45) is 0 Å². The zero-order chi connectivity index (χ0) is 14.7. The highest BCUT2D eigenvalue weighted by Crippen LogP contribution is 2.15. The fourth-order valence-corrected chi connectivity index (χ4v) is 1.56. The molecule has 0 aliphatic heterocycles. The number of esters is 2. The van der Waals surface area contributed by atoms with Gasteiger partial charge in [-0.05, 0) is 13.8 Å². The molecule has 106 valence electrons. The normalized spacial score (nSPS) is 10.5. The summed E-state index contributed by atoms with van der Waals surface area (Å²) in [6.45, 7) is 3.74. The standard InChI is InChI=1S/C11H13N5O4/c1-3-19-10(17)6-8(12)16-5-13-7(9(16)15-14-6)11(18)20-4-2/h5H,3-4,12H2,1-2H3. The third-order valence-corrected chi connectivity index (χ3v) is 2.43. The van der Waals surface area contributed by atoms with E-state index in [9.17, 15) is 9.59 Å². The van der Waals surface area contributed by atoms with Gasteiger partial charge in [0.15, 0.2) is 11.3 Å². The summed E-state index contributed by atoms with van der Waals surface area (Å²) in [6.07, 6.45) is 1.27. The smallest absolute Gasteiger partial charge is 0.362 e. The van der Waals surface area contributed by atoms with Gasteiger partial charge < -0.3 is 15.2 Å². The quantitative estimate of drug-likeness (QED) is 0.779. The van der Waals surface area contributed by atoms with E-state index in [1.54, 1.807) is 13.8 Å². The number of hydrogen-bond acceptors (Lipinski definition) is 8. The Bertz CT molecular complexity index is 666. The van der Waals surface area contributed by atoms with Gasteiger partial charge in [-0.3, -0.25) is 4.40 Å². The molecule has 0 fully saturated rings. The summed E-state index contributed by atoms with van der Waals surface area (Å²) in [4.78, 5) is 27.2. The fraction of sp³-hybridized carbons (Fsp3) is 0.364. The third kappa shape index (κ3) is 2.25. The average molecular weight is 279 g/mol. The number of rotatable bonds is 4. The van der Waals surface area contributed by atoms with Crippen LogP contribution in [0, 0.1) is 0 Å². The largest absolute Gasteiger partial charge is 0.461 e. The molecule has 0 aromatic carbocycles. The van der Waals surface area contributed by atoms with Gasteiger partial charge >= 0.3 is 11.9 Å². The zero-order valence-electron chi connectivity index (χ0n) is 11.0. The zero-order valence-corrected chi connectivity index (χ0v) is 11.0. The Kier molecular flexibility index (Phi) is 3.78. The Hall–Kier alpha value is -2.71. The maximum atomic E-state index is 11.7. The molecule has 0 atom stereocenters. The summed E-state index contributed by atoms with van der Waals surface area (Å²) >= 11 is 0. The number of carbonyl (C=O) groups excluding carboxylic acids is 2. The Labute approximate surface area is 113 Å². The first-order valence-corrected chi connectivity index (χ1v) is 5.93. The molecular weight excluding hydrogens is 266 g/mol. The minimum atomic E-state index is -0.689. The van der Waals surface area contributed by atoms with Gasteiger partial charge in [0.25, 0.3) is 0 Å². The molecule has 0 aliphatic rings. The van der Waals surface area contributed by atoms with Crippen LogP contribution in [-0.4, -0.2) is 44.7 Å². The molecular formula is C11H13N5O4. The van der Waals surface area contributed by atoms with Crippen LogP contribution in [0.5, 0.6) is 0 Å². The minimum Gasteiger partial charge on any atom is -0.461 e. The van der Waals surface area contributed by atoms with Crippen molar-refractivity contribution in [2.75, 3.05) is 18.9 Å². The highest BCUT2D eigenvalue weighted by Gasteiger charge is 2.22. The second-order valence-electron chi connectivity index (χ2n) is 3.66. The predicted octanol–water partition coefficient (Wildman–Crippen LogP) is 0.0599. The summed E-state index contributed by atoms with van der Waals surface area (Å²) in [5.41, 5.74) is 5.78. The summed E-state index contributed by atoms with van der Waals surface area (Å²) in [7, 11) is 0. The molecule has 0 radical (unpaired) electrons. The summed E-state index contributed by atoms with van der Waals surface area (Å²) in [5, 5.41) is 7.46. The first-order valence-electron chi connectivity index (χ1n) is 5.93. The van der Waals surface area contributed by atoms with E-state index in [0.29, 0.717) is 0 Å². The Morgan fingerprint density at radius 2 is 1.75 bits per heavy atom. The van der Waals surface area contributed by atoms with Gasteiger partial charge in [0.1, 0.15) is 12.1 Å². The number of fused-ring (bicyclic) bond motifs is 1. The maximum absolute atomic E-state index is 11.7. The van der Waals surface area contributed by atoms with E-state index < -0.39 is 11.9 Å². The molecule has 2 aromatic rings. The fourth-order valence-electron chi connectivity index (χ4n) is 1.56. The van der Waals surface area contributed by atoms with Crippen LogP contribution in [0.25, 0.3) is 5.65 Å². The average Bonchev–Trinajstić information content (AvgIpc) is 2.84. The molecule has 0 amide bonds. The Morgan fingerprint density at radius 1 is 1.15 bits per heavy atom. The highest BCUT2D eigenvalue weighted by atomic mass is 16.5. The molecule has 2 rings (SSSR count). The molecule has 0 unspecified atom stereocenters. The van der Waals surface area contributed by atoms with E-state index >= 15 is 0 Å². The summed E-state index contributed by atoms with van der Waals surface area (Å²) < 4.78 is 10.9. The van der Waals surface area contributed by atoms with Crippen LogP contribution in [0.2, 0.25) is 0 Å². The number of imidazole rings is 1. The van der Waals surface area contributed by atoms with Crippen LogP contribution in [0.15, 0.2) is 6.33 Å². The van der Waals surface area contributed by atoms with E-state index in [1.165, 1.54) is 10.7 Å². The Balaban J connectivity index is 2.48. The molecule has 0 spiro atoms. The van der Waals surface area contributed by atoms with Crippen molar-refractivity contribution in [2.45, 2.75) is 13.8 Å². The molecule has 0 bridgehead atoms. The van der Waals surface area contributed by atoms with Gasteiger partial charge in [-0.1, -0.05) is 0 Å².